The number of piperidine rings is 1. The molecule has 2 rings (SSSR count). The second kappa shape index (κ2) is 9.21. The van der Waals surface area contributed by atoms with Gasteiger partial charge in [0.1, 0.15) is 5.75 Å². The van der Waals surface area contributed by atoms with E-state index in [4.69, 9.17) is 4.74 Å². The Bertz CT molecular complexity index is 675. The van der Waals surface area contributed by atoms with E-state index in [1.54, 1.807) is 17.5 Å². The van der Waals surface area contributed by atoms with E-state index in [1.807, 2.05) is 33.9 Å². The first-order chi connectivity index (χ1) is 11.3. The van der Waals surface area contributed by atoms with Crippen LogP contribution in [0.5, 0.6) is 5.75 Å². The van der Waals surface area contributed by atoms with Crippen molar-refractivity contribution in [1.82, 2.24) is 9.62 Å². The molecule has 1 heterocycles. The maximum absolute atomic E-state index is 13.2. The molecule has 144 valence electrons. The lowest BCUT2D eigenvalue weighted by molar-refractivity contribution is 0.263. The Balaban J connectivity index is 0.00000312. The molecule has 0 aromatic heterocycles. The quantitative estimate of drug-likeness (QED) is 0.810. The molecule has 0 aliphatic carbocycles. The molecule has 1 aliphatic heterocycles. The zero-order chi connectivity index (χ0) is 17.9. The number of nitrogens with one attached hydrogen (secondary N) is 1. The maximum Gasteiger partial charge on any atom is 0.243 e. The standard InChI is InChI=1S/C18H30N2O3S.ClH/c1-13(2)16-10-18(14(3)9-17(16)23-5)24(21,22)20-8-6-7-15(12-20)11-19-4;/h9-10,13,15,19H,6-8,11-12H2,1-5H3;1H. The van der Waals surface area contributed by atoms with Gasteiger partial charge < -0.3 is 10.1 Å². The minimum atomic E-state index is -3.47. The van der Waals surface area contributed by atoms with Crippen molar-refractivity contribution in [3.63, 3.8) is 0 Å². The van der Waals surface area contributed by atoms with E-state index in [1.165, 1.54) is 0 Å². The van der Waals surface area contributed by atoms with Crippen molar-refractivity contribution in [1.29, 1.82) is 0 Å². The summed E-state index contributed by atoms with van der Waals surface area (Å²) in [6, 6.07) is 3.65. The van der Waals surface area contributed by atoms with Crippen LogP contribution in [-0.2, 0) is 10.0 Å². The summed E-state index contributed by atoms with van der Waals surface area (Å²) in [4.78, 5) is 0.414. The third kappa shape index (κ3) is 4.88. The van der Waals surface area contributed by atoms with Crippen molar-refractivity contribution in [3.05, 3.63) is 23.3 Å². The Morgan fingerprint density at radius 3 is 2.60 bits per heavy atom. The fraction of sp³-hybridized carbons (Fsp3) is 0.667. The van der Waals surface area contributed by atoms with Crippen LogP contribution in [0.25, 0.3) is 0 Å². The molecular weight excluding hydrogens is 360 g/mol. The van der Waals surface area contributed by atoms with Gasteiger partial charge in [-0.2, -0.15) is 4.31 Å². The summed E-state index contributed by atoms with van der Waals surface area (Å²) in [6.45, 7) is 7.98. The molecule has 0 spiro atoms. The van der Waals surface area contributed by atoms with Gasteiger partial charge in [-0.1, -0.05) is 13.8 Å². The van der Waals surface area contributed by atoms with Crippen LogP contribution in [0.15, 0.2) is 17.0 Å². The number of nitrogens with zero attached hydrogens (tertiary/aromatic N) is 1. The van der Waals surface area contributed by atoms with Gasteiger partial charge in [0.25, 0.3) is 0 Å². The summed E-state index contributed by atoms with van der Waals surface area (Å²) >= 11 is 0. The fourth-order valence-electron chi connectivity index (χ4n) is 3.42. The number of hydrogen-bond donors (Lipinski definition) is 1. The van der Waals surface area contributed by atoms with Crippen LogP contribution in [0, 0.1) is 12.8 Å². The average molecular weight is 391 g/mol. The highest BCUT2D eigenvalue weighted by Crippen LogP contribution is 2.33. The largest absolute Gasteiger partial charge is 0.496 e. The number of methoxy groups -OCH3 is 1. The average Bonchev–Trinajstić information content (AvgIpc) is 2.54. The third-order valence-corrected chi connectivity index (χ3v) is 6.75. The monoisotopic (exact) mass is 390 g/mol. The van der Waals surface area contributed by atoms with Gasteiger partial charge in [0, 0.05) is 13.1 Å². The lowest BCUT2D eigenvalue weighted by atomic mass is 10.00. The predicted molar refractivity (Wildman–Crippen MR) is 104 cm³/mol. The first-order valence-electron chi connectivity index (χ1n) is 8.64. The first kappa shape index (κ1) is 22.2. The summed E-state index contributed by atoms with van der Waals surface area (Å²) in [5.74, 6) is 1.34. The van der Waals surface area contributed by atoms with Gasteiger partial charge in [0.2, 0.25) is 10.0 Å². The summed E-state index contributed by atoms with van der Waals surface area (Å²) in [5, 5.41) is 3.16. The van der Waals surface area contributed by atoms with E-state index in [9.17, 15) is 8.42 Å². The molecule has 25 heavy (non-hydrogen) atoms. The number of halogens is 1. The molecule has 1 N–H and O–H groups in total. The maximum atomic E-state index is 13.2. The second-order valence-corrected chi connectivity index (χ2v) is 8.85. The summed E-state index contributed by atoms with van der Waals surface area (Å²) in [5.41, 5.74) is 1.68. The number of sulfonamides is 1. The molecule has 0 bridgehead atoms. The van der Waals surface area contributed by atoms with Gasteiger partial charge in [0.15, 0.2) is 0 Å². The van der Waals surface area contributed by atoms with Crippen molar-refractivity contribution in [2.24, 2.45) is 5.92 Å². The van der Waals surface area contributed by atoms with E-state index in [0.717, 1.165) is 36.3 Å². The van der Waals surface area contributed by atoms with Crippen molar-refractivity contribution >= 4 is 22.4 Å². The molecule has 1 fully saturated rings. The molecule has 1 aromatic rings. The smallest absolute Gasteiger partial charge is 0.243 e. The Labute approximate surface area is 158 Å². The molecule has 5 nitrogen and oxygen atoms in total. The van der Waals surface area contributed by atoms with Crippen LogP contribution in [0.4, 0.5) is 0 Å². The fourth-order valence-corrected chi connectivity index (χ4v) is 5.22. The SMILES string of the molecule is CNCC1CCCN(S(=O)(=O)c2cc(C(C)C)c(OC)cc2C)C1.Cl. The normalized spacial score (nSPS) is 18.9. The van der Waals surface area contributed by atoms with Crippen LogP contribution in [-0.4, -0.2) is 46.5 Å². The zero-order valence-electron chi connectivity index (χ0n) is 15.8. The van der Waals surface area contributed by atoms with Crippen molar-refractivity contribution < 1.29 is 13.2 Å². The molecule has 1 unspecified atom stereocenters. The van der Waals surface area contributed by atoms with E-state index in [-0.39, 0.29) is 18.3 Å². The van der Waals surface area contributed by atoms with Crippen LogP contribution in [0.2, 0.25) is 0 Å². The van der Waals surface area contributed by atoms with Crippen molar-refractivity contribution in [3.8, 4) is 5.75 Å². The van der Waals surface area contributed by atoms with Gasteiger partial charge in [-0.05, 0) is 68.5 Å². The van der Waals surface area contributed by atoms with Crippen LogP contribution >= 0.6 is 12.4 Å². The van der Waals surface area contributed by atoms with E-state index >= 15 is 0 Å². The second-order valence-electron chi connectivity index (χ2n) is 6.94. The van der Waals surface area contributed by atoms with Crippen molar-refractivity contribution in [2.45, 2.75) is 44.4 Å². The lowest BCUT2D eigenvalue weighted by Crippen LogP contribution is -2.42. The number of benzene rings is 1. The van der Waals surface area contributed by atoms with E-state index in [0.29, 0.717) is 23.9 Å². The van der Waals surface area contributed by atoms with Gasteiger partial charge in [-0.3, -0.25) is 0 Å². The number of aryl methyl sites for hydroxylation is 1. The highest BCUT2D eigenvalue weighted by molar-refractivity contribution is 7.89. The van der Waals surface area contributed by atoms with Crippen LogP contribution < -0.4 is 10.1 Å². The number of rotatable bonds is 6. The number of hydrogen-bond acceptors (Lipinski definition) is 4. The molecule has 1 atom stereocenters. The van der Waals surface area contributed by atoms with E-state index < -0.39 is 10.0 Å². The molecule has 1 aliphatic rings. The van der Waals surface area contributed by atoms with Crippen molar-refractivity contribution in [2.75, 3.05) is 33.8 Å². The molecule has 0 saturated carbocycles. The topological polar surface area (TPSA) is 58.6 Å². The Morgan fingerprint density at radius 2 is 2.04 bits per heavy atom. The Kier molecular flexibility index (Phi) is 8.19. The molecular formula is C18H31ClN2O3S. The minimum Gasteiger partial charge on any atom is -0.496 e. The third-order valence-electron chi connectivity index (χ3n) is 4.74. The molecule has 1 saturated heterocycles. The lowest BCUT2D eigenvalue weighted by Gasteiger charge is -2.32. The highest BCUT2D eigenvalue weighted by atomic mass is 35.5. The summed E-state index contributed by atoms with van der Waals surface area (Å²) < 4.78 is 33.5. The molecule has 0 radical (unpaired) electrons. The van der Waals surface area contributed by atoms with E-state index in [2.05, 4.69) is 5.32 Å². The predicted octanol–water partition coefficient (Wildman–Crippen LogP) is 3.17. The minimum absolute atomic E-state index is 0. The zero-order valence-corrected chi connectivity index (χ0v) is 17.5. The Morgan fingerprint density at radius 1 is 1.36 bits per heavy atom. The summed E-state index contributed by atoms with van der Waals surface area (Å²) in [6.07, 6.45) is 1.99. The van der Waals surface area contributed by atoms with Crippen LogP contribution in [0.3, 0.4) is 0 Å². The van der Waals surface area contributed by atoms with Gasteiger partial charge in [-0.15, -0.1) is 12.4 Å². The van der Waals surface area contributed by atoms with Crippen LogP contribution in [0.1, 0.15) is 43.7 Å². The molecule has 7 heteroatoms. The van der Waals surface area contributed by atoms with Gasteiger partial charge >= 0.3 is 0 Å². The first-order valence-corrected chi connectivity index (χ1v) is 10.1. The number of ether oxygens (including phenoxy) is 1. The summed E-state index contributed by atoms with van der Waals surface area (Å²) in [7, 11) is 0.0645. The van der Waals surface area contributed by atoms with Gasteiger partial charge in [0.05, 0.1) is 12.0 Å². The molecule has 0 amide bonds. The Hall–Kier alpha value is -0.820. The van der Waals surface area contributed by atoms with Gasteiger partial charge in [-0.25, -0.2) is 8.42 Å². The highest BCUT2D eigenvalue weighted by Gasteiger charge is 2.31. The molecule has 1 aromatic carbocycles.